The van der Waals surface area contributed by atoms with Crippen LogP contribution < -0.4 is 0 Å². The maximum Gasteiger partial charge on any atom is 0.339 e. The Labute approximate surface area is 205 Å². The summed E-state index contributed by atoms with van der Waals surface area (Å²) < 4.78 is 8.89. The molecule has 0 bridgehead atoms. The number of esters is 2. The van der Waals surface area contributed by atoms with Gasteiger partial charge in [-0.15, -0.1) is 23.2 Å². The predicted octanol–water partition coefficient (Wildman–Crippen LogP) is 5.24. The van der Waals surface area contributed by atoms with Crippen LogP contribution in [0.1, 0.15) is 20.7 Å². The monoisotopic (exact) mass is 536 g/mol. The molecular weight excluding hydrogens is 526 g/mol. The third kappa shape index (κ3) is 5.47. The average molecular weight is 538 g/mol. The molecule has 2 aromatic carbocycles. The molecule has 1 fully saturated rings. The smallest absolute Gasteiger partial charge is 0.339 e. The Morgan fingerprint density at radius 2 is 1.18 bits per heavy atom. The summed E-state index contributed by atoms with van der Waals surface area (Å²) in [7, 11) is 0. The first-order chi connectivity index (χ1) is 15.4. The van der Waals surface area contributed by atoms with Crippen molar-refractivity contribution in [2.75, 3.05) is 13.2 Å². The first-order valence-electron chi connectivity index (χ1n) is 9.03. The molecule has 0 unspecified atom stereocenters. The zero-order valence-electron chi connectivity index (χ0n) is 16.2. The van der Waals surface area contributed by atoms with Crippen LogP contribution in [-0.4, -0.2) is 39.3 Å². The second-order valence-corrected chi connectivity index (χ2v) is 9.19. The average Bonchev–Trinajstić information content (AvgIpc) is 3.28. The molecule has 0 aliphatic heterocycles. The van der Waals surface area contributed by atoms with E-state index in [4.69, 9.17) is 55.9 Å². The molecule has 0 spiro atoms. The largest absolute Gasteiger partial charge is 0.462 e. The van der Waals surface area contributed by atoms with E-state index in [0.717, 1.165) is 24.3 Å². The lowest BCUT2D eigenvalue weighted by Crippen LogP contribution is -2.12. The predicted molar refractivity (Wildman–Crippen MR) is 118 cm³/mol. The van der Waals surface area contributed by atoms with Crippen LogP contribution in [0, 0.1) is 32.1 Å². The minimum atomic E-state index is -1.38. The first-order valence-corrected chi connectivity index (χ1v) is 10.5. The summed E-state index contributed by atoms with van der Waals surface area (Å²) >= 11 is 24.2. The second kappa shape index (κ2) is 9.68. The van der Waals surface area contributed by atoms with E-state index < -0.39 is 38.0 Å². The van der Waals surface area contributed by atoms with Crippen molar-refractivity contribution in [2.45, 2.75) is 4.33 Å². The number of non-ortho nitro benzene ring substituents is 2. The number of hydrogen-bond acceptors (Lipinski definition) is 8. The van der Waals surface area contributed by atoms with Crippen LogP contribution in [0.3, 0.4) is 0 Å². The highest BCUT2D eigenvalue weighted by Crippen LogP contribution is 2.59. The molecule has 1 aliphatic rings. The number of carbonyl (C=O) groups is 2. The molecule has 0 aromatic heterocycles. The van der Waals surface area contributed by atoms with Crippen molar-refractivity contribution < 1.29 is 28.9 Å². The summed E-state index contributed by atoms with van der Waals surface area (Å²) in [6.45, 7) is -0.546. The van der Waals surface area contributed by atoms with Crippen LogP contribution in [0.25, 0.3) is 0 Å². The van der Waals surface area contributed by atoms with Gasteiger partial charge in [-0.05, 0) is 12.1 Å². The van der Waals surface area contributed by atoms with Crippen LogP contribution >= 0.6 is 46.4 Å². The van der Waals surface area contributed by atoms with Crippen LogP contribution in [0.15, 0.2) is 36.4 Å². The van der Waals surface area contributed by atoms with E-state index >= 15 is 0 Å². The van der Waals surface area contributed by atoms with Crippen LogP contribution in [-0.2, 0) is 9.47 Å². The topological polar surface area (TPSA) is 139 Å². The van der Waals surface area contributed by atoms with Gasteiger partial charge in [0.15, 0.2) is 0 Å². The number of benzene rings is 2. The lowest BCUT2D eigenvalue weighted by Gasteiger charge is -2.07. The molecule has 2 atom stereocenters. The number of ether oxygens (including phenoxy) is 2. The molecule has 1 aliphatic carbocycles. The zero-order valence-corrected chi connectivity index (χ0v) is 19.2. The normalized spacial score (nSPS) is 18.3. The van der Waals surface area contributed by atoms with E-state index in [9.17, 15) is 29.8 Å². The number of nitro benzene ring substituents is 2. The molecular formula is C19H12Cl4N2O8. The van der Waals surface area contributed by atoms with Crippen molar-refractivity contribution in [3.05, 3.63) is 77.8 Å². The Morgan fingerprint density at radius 1 is 0.818 bits per heavy atom. The summed E-state index contributed by atoms with van der Waals surface area (Å²) in [5.74, 6) is -3.07. The molecule has 33 heavy (non-hydrogen) atoms. The molecule has 0 N–H and O–H groups in total. The second-order valence-electron chi connectivity index (χ2n) is 6.93. The van der Waals surface area contributed by atoms with Crippen molar-refractivity contribution in [2.24, 2.45) is 11.8 Å². The van der Waals surface area contributed by atoms with Gasteiger partial charge in [-0.2, -0.15) is 0 Å². The fraction of sp³-hybridized carbons (Fsp3) is 0.263. The standard InChI is InChI=1S/C19H12Cl4N2O8/c20-15-3-1-9(24(28)29)5-11(15)17(26)32-7-13-14(19(13,22)23)8-33-18(27)12-6-10(25(30)31)2-4-16(12)21/h1-6,13-14H,7-8H2/t13-,14+. The number of halogens is 4. The van der Waals surface area contributed by atoms with E-state index in [0.29, 0.717) is 0 Å². The molecule has 14 heteroatoms. The van der Waals surface area contributed by atoms with Crippen molar-refractivity contribution in [1.29, 1.82) is 0 Å². The van der Waals surface area contributed by atoms with Crippen LogP contribution in [0.2, 0.25) is 10.0 Å². The number of hydrogen-bond donors (Lipinski definition) is 0. The van der Waals surface area contributed by atoms with Crippen molar-refractivity contribution in [3.63, 3.8) is 0 Å². The van der Waals surface area contributed by atoms with Crippen molar-refractivity contribution in [3.8, 4) is 0 Å². The Kier molecular flexibility index (Phi) is 7.32. The van der Waals surface area contributed by atoms with Gasteiger partial charge < -0.3 is 9.47 Å². The molecule has 1 saturated carbocycles. The lowest BCUT2D eigenvalue weighted by atomic mass is 10.2. The Morgan fingerprint density at radius 3 is 1.52 bits per heavy atom. The number of alkyl halides is 2. The van der Waals surface area contributed by atoms with Gasteiger partial charge in [0.05, 0.1) is 44.2 Å². The van der Waals surface area contributed by atoms with Gasteiger partial charge in [-0.25, -0.2) is 9.59 Å². The highest BCUT2D eigenvalue weighted by atomic mass is 35.5. The fourth-order valence-electron chi connectivity index (χ4n) is 2.97. The Bertz CT molecular complexity index is 1070. The van der Waals surface area contributed by atoms with Gasteiger partial charge >= 0.3 is 11.9 Å². The lowest BCUT2D eigenvalue weighted by molar-refractivity contribution is -0.385. The molecule has 2 aromatic rings. The number of nitrogens with zero attached hydrogens (tertiary/aromatic N) is 2. The molecule has 0 radical (unpaired) electrons. The minimum absolute atomic E-state index is 0.0382. The maximum atomic E-state index is 12.3. The fourth-order valence-corrected chi connectivity index (χ4v) is 4.09. The molecule has 174 valence electrons. The van der Waals surface area contributed by atoms with Gasteiger partial charge in [0, 0.05) is 36.1 Å². The SMILES string of the molecule is O=C(OC[C@@H]1[C@H](COC(=O)c2cc([N+](=O)[O-])ccc2Cl)C1(Cl)Cl)c1cc([N+](=O)[O-])ccc1Cl. The van der Waals surface area contributed by atoms with Gasteiger partial charge in [0.2, 0.25) is 0 Å². The van der Waals surface area contributed by atoms with Gasteiger partial charge in [0.25, 0.3) is 11.4 Å². The zero-order chi connectivity index (χ0) is 24.5. The Balaban J connectivity index is 1.59. The van der Waals surface area contributed by atoms with Crippen molar-refractivity contribution >= 4 is 69.7 Å². The van der Waals surface area contributed by atoms with Crippen molar-refractivity contribution in [1.82, 2.24) is 0 Å². The molecule has 3 rings (SSSR count). The van der Waals surface area contributed by atoms with Crippen LogP contribution in [0.4, 0.5) is 11.4 Å². The number of carbonyl (C=O) groups excluding carboxylic acids is 2. The van der Waals surface area contributed by atoms with Crippen LogP contribution in [0.5, 0.6) is 0 Å². The van der Waals surface area contributed by atoms with E-state index in [1.54, 1.807) is 0 Å². The van der Waals surface area contributed by atoms with E-state index in [2.05, 4.69) is 0 Å². The van der Waals surface area contributed by atoms with Gasteiger partial charge in [-0.1, -0.05) is 23.2 Å². The Hall–Kier alpha value is -2.66. The number of nitro groups is 2. The third-order valence-electron chi connectivity index (χ3n) is 4.91. The highest BCUT2D eigenvalue weighted by Gasteiger charge is 2.64. The maximum absolute atomic E-state index is 12.3. The van der Waals surface area contributed by atoms with Gasteiger partial charge in [-0.3, -0.25) is 20.2 Å². The van der Waals surface area contributed by atoms with E-state index in [-0.39, 0.29) is 45.8 Å². The summed E-state index contributed by atoms with van der Waals surface area (Å²) in [6, 6.07) is 6.63. The summed E-state index contributed by atoms with van der Waals surface area (Å²) in [5, 5.41) is 21.7. The quantitative estimate of drug-likeness (QED) is 0.192. The molecule has 0 heterocycles. The first kappa shape index (κ1) is 25.0. The molecule has 0 saturated heterocycles. The highest BCUT2D eigenvalue weighted by molar-refractivity contribution is 6.51. The summed E-state index contributed by atoms with van der Waals surface area (Å²) in [6.07, 6.45) is 0. The molecule has 10 nitrogen and oxygen atoms in total. The summed E-state index contributed by atoms with van der Waals surface area (Å²) in [4.78, 5) is 45.0. The third-order valence-corrected chi connectivity index (χ3v) is 6.69. The van der Waals surface area contributed by atoms with Gasteiger partial charge in [0.1, 0.15) is 4.33 Å². The van der Waals surface area contributed by atoms with E-state index in [1.807, 2.05) is 0 Å². The minimum Gasteiger partial charge on any atom is -0.462 e. The van der Waals surface area contributed by atoms with E-state index in [1.165, 1.54) is 12.1 Å². The number of rotatable bonds is 8. The molecule has 0 amide bonds. The summed E-state index contributed by atoms with van der Waals surface area (Å²) in [5.41, 5.74) is -1.09.